The van der Waals surface area contributed by atoms with Crippen molar-refractivity contribution in [1.82, 2.24) is 4.98 Å². The number of hydrogen-bond acceptors (Lipinski definition) is 3. The van der Waals surface area contributed by atoms with Gasteiger partial charge in [0.2, 0.25) is 0 Å². The SMILES string of the molecule is O=C(Nc1ccc2cc(-c3cccc4cnccc34)ccc2c1)c1cccs1. The van der Waals surface area contributed by atoms with Crippen molar-refractivity contribution >= 4 is 44.5 Å². The molecule has 5 aromatic rings. The van der Waals surface area contributed by atoms with Crippen molar-refractivity contribution in [2.45, 2.75) is 0 Å². The predicted molar refractivity (Wildman–Crippen MR) is 117 cm³/mol. The van der Waals surface area contributed by atoms with Gasteiger partial charge in [-0.15, -0.1) is 11.3 Å². The zero-order valence-corrected chi connectivity index (χ0v) is 15.7. The van der Waals surface area contributed by atoms with E-state index in [-0.39, 0.29) is 5.91 Å². The molecule has 0 unspecified atom stereocenters. The van der Waals surface area contributed by atoms with Gasteiger partial charge in [0.15, 0.2) is 0 Å². The van der Waals surface area contributed by atoms with Crippen LogP contribution in [0.2, 0.25) is 0 Å². The van der Waals surface area contributed by atoms with Gasteiger partial charge in [-0.2, -0.15) is 0 Å². The maximum atomic E-state index is 12.3. The van der Waals surface area contributed by atoms with Crippen LogP contribution in [0.3, 0.4) is 0 Å². The Kier molecular flexibility index (Phi) is 4.11. The van der Waals surface area contributed by atoms with E-state index in [1.54, 1.807) is 0 Å². The van der Waals surface area contributed by atoms with Gasteiger partial charge in [-0.1, -0.05) is 42.5 Å². The van der Waals surface area contributed by atoms with E-state index in [0.29, 0.717) is 4.88 Å². The second kappa shape index (κ2) is 6.91. The molecule has 0 spiro atoms. The zero-order valence-electron chi connectivity index (χ0n) is 14.9. The number of amides is 1. The number of benzene rings is 3. The summed E-state index contributed by atoms with van der Waals surface area (Å²) in [6.45, 7) is 0. The van der Waals surface area contributed by atoms with Crippen LogP contribution < -0.4 is 5.32 Å². The Balaban J connectivity index is 1.51. The highest BCUT2D eigenvalue weighted by atomic mass is 32.1. The summed E-state index contributed by atoms with van der Waals surface area (Å²) in [5.41, 5.74) is 3.16. The van der Waals surface area contributed by atoms with Crippen LogP contribution in [0, 0.1) is 0 Å². The first kappa shape index (κ1) is 16.7. The quantitative estimate of drug-likeness (QED) is 0.395. The van der Waals surface area contributed by atoms with Crippen LogP contribution in [0.25, 0.3) is 32.7 Å². The fourth-order valence-corrected chi connectivity index (χ4v) is 4.08. The lowest BCUT2D eigenvalue weighted by Gasteiger charge is -2.09. The molecule has 1 amide bonds. The van der Waals surface area contributed by atoms with Crippen molar-refractivity contribution in [1.29, 1.82) is 0 Å². The average molecular weight is 380 g/mol. The van der Waals surface area contributed by atoms with Crippen molar-refractivity contribution in [2.75, 3.05) is 5.32 Å². The van der Waals surface area contributed by atoms with Gasteiger partial charge in [0.1, 0.15) is 0 Å². The molecule has 3 aromatic carbocycles. The molecular weight excluding hydrogens is 364 g/mol. The molecule has 2 aromatic heterocycles. The molecule has 0 bridgehead atoms. The Morgan fingerprint density at radius 1 is 0.857 bits per heavy atom. The number of carbonyl (C=O) groups excluding carboxylic acids is 1. The molecular formula is C24H16N2OS. The molecule has 0 atom stereocenters. The Hall–Kier alpha value is -3.50. The number of hydrogen-bond donors (Lipinski definition) is 1. The third-order valence-electron chi connectivity index (χ3n) is 4.83. The maximum absolute atomic E-state index is 12.3. The first-order chi connectivity index (χ1) is 13.8. The van der Waals surface area contributed by atoms with Crippen molar-refractivity contribution in [2.24, 2.45) is 0 Å². The Morgan fingerprint density at radius 2 is 1.75 bits per heavy atom. The minimum absolute atomic E-state index is 0.0738. The van der Waals surface area contributed by atoms with Crippen LogP contribution in [0.1, 0.15) is 9.67 Å². The molecule has 0 aliphatic rings. The fraction of sp³-hybridized carbons (Fsp3) is 0. The van der Waals surface area contributed by atoms with E-state index >= 15 is 0 Å². The number of nitrogens with one attached hydrogen (secondary N) is 1. The second-order valence-electron chi connectivity index (χ2n) is 6.61. The Labute approximate surface area is 166 Å². The molecule has 0 aliphatic carbocycles. The van der Waals surface area contributed by atoms with Gasteiger partial charge in [0.25, 0.3) is 5.91 Å². The van der Waals surface area contributed by atoms with Crippen LogP contribution in [0.5, 0.6) is 0 Å². The molecule has 0 radical (unpaired) electrons. The van der Waals surface area contributed by atoms with Gasteiger partial charge < -0.3 is 5.32 Å². The molecule has 4 heteroatoms. The summed E-state index contributed by atoms with van der Waals surface area (Å²) in [4.78, 5) is 17.2. The van der Waals surface area contributed by atoms with Crippen molar-refractivity contribution < 1.29 is 4.79 Å². The third-order valence-corrected chi connectivity index (χ3v) is 5.70. The first-order valence-electron chi connectivity index (χ1n) is 9.00. The lowest BCUT2D eigenvalue weighted by molar-refractivity contribution is 0.103. The minimum atomic E-state index is -0.0738. The molecule has 134 valence electrons. The number of anilines is 1. The molecule has 2 heterocycles. The van der Waals surface area contributed by atoms with E-state index in [0.717, 1.165) is 21.8 Å². The van der Waals surface area contributed by atoms with Gasteiger partial charge in [0.05, 0.1) is 4.88 Å². The van der Waals surface area contributed by atoms with Crippen molar-refractivity contribution in [3.63, 3.8) is 0 Å². The van der Waals surface area contributed by atoms with Crippen LogP contribution in [-0.4, -0.2) is 10.9 Å². The largest absolute Gasteiger partial charge is 0.321 e. The van der Waals surface area contributed by atoms with Crippen LogP contribution in [0.15, 0.2) is 90.6 Å². The molecule has 0 fully saturated rings. The second-order valence-corrected chi connectivity index (χ2v) is 7.56. The number of thiophene rings is 1. The lowest BCUT2D eigenvalue weighted by Crippen LogP contribution is -2.09. The summed E-state index contributed by atoms with van der Waals surface area (Å²) < 4.78 is 0. The number of carbonyl (C=O) groups is 1. The van der Waals surface area contributed by atoms with Gasteiger partial charge in [-0.25, -0.2) is 0 Å². The van der Waals surface area contributed by atoms with Crippen LogP contribution in [-0.2, 0) is 0 Å². The Bertz CT molecular complexity index is 1300. The highest BCUT2D eigenvalue weighted by Crippen LogP contribution is 2.31. The summed E-state index contributed by atoms with van der Waals surface area (Å²) in [6.07, 6.45) is 3.72. The summed E-state index contributed by atoms with van der Waals surface area (Å²) in [6, 6.07) is 24.5. The van der Waals surface area contributed by atoms with Crippen LogP contribution in [0.4, 0.5) is 5.69 Å². The van der Waals surface area contributed by atoms with Gasteiger partial charge in [-0.3, -0.25) is 9.78 Å². The smallest absolute Gasteiger partial charge is 0.265 e. The standard InChI is InChI=1S/C24H16N2OS/c27-24(23-5-2-12-28-23)26-20-9-8-16-13-18(7-6-17(16)14-20)21-4-1-3-19-15-25-11-10-22(19)21/h1-15H,(H,26,27). The van der Waals surface area contributed by atoms with Crippen molar-refractivity contribution in [3.8, 4) is 11.1 Å². The number of fused-ring (bicyclic) bond motifs is 2. The lowest BCUT2D eigenvalue weighted by atomic mass is 9.97. The van der Waals surface area contributed by atoms with E-state index in [9.17, 15) is 4.79 Å². The van der Waals surface area contributed by atoms with Gasteiger partial charge >= 0.3 is 0 Å². The van der Waals surface area contributed by atoms with E-state index in [2.05, 4.69) is 58.8 Å². The first-order valence-corrected chi connectivity index (χ1v) is 9.88. The van der Waals surface area contributed by atoms with E-state index in [1.165, 1.54) is 27.8 Å². The number of pyridine rings is 1. The van der Waals surface area contributed by atoms with E-state index < -0.39 is 0 Å². The molecule has 0 aliphatic heterocycles. The monoisotopic (exact) mass is 380 g/mol. The minimum Gasteiger partial charge on any atom is -0.321 e. The summed E-state index contributed by atoms with van der Waals surface area (Å²) in [7, 11) is 0. The molecule has 28 heavy (non-hydrogen) atoms. The highest BCUT2D eigenvalue weighted by Gasteiger charge is 2.08. The maximum Gasteiger partial charge on any atom is 0.265 e. The Morgan fingerprint density at radius 3 is 2.64 bits per heavy atom. The third kappa shape index (κ3) is 3.04. The molecule has 1 N–H and O–H groups in total. The topological polar surface area (TPSA) is 42.0 Å². The van der Waals surface area contributed by atoms with Gasteiger partial charge in [-0.05, 0) is 63.0 Å². The molecule has 0 saturated carbocycles. The van der Waals surface area contributed by atoms with Crippen LogP contribution >= 0.6 is 11.3 Å². The van der Waals surface area contributed by atoms with E-state index in [4.69, 9.17) is 0 Å². The normalized spacial score (nSPS) is 11.0. The number of rotatable bonds is 3. The average Bonchev–Trinajstić information content (AvgIpc) is 3.28. The van der Waals surface area contributed by atoms with Crippen molar-refractivity contribution in [3.05, 3.63) is 95.4 Å². The van der Waals surface area contributed by atoms with E-state index in [1.807, 2.05) is 42.0 Å². The molecule has 5 rings (SSSR count). The number of aromatic nitrogens is 1. The number of nitrogens with zero attached hydrogens (tertiary/aromatic N) is 1. The van der Waals surface area contributed by atoms with Gasteiger partial charge in [0, 0.05) is 23.5 Å². The summed E-state index contributed by atoms with van der Waals surface area (Å²) in [5.74, 6) is -0.0738. The highest BCUT2D eigenvalue weighted by molar-refractivity contribution is 7.12. The summed E-state index contributed by atoms with van der Waals surface area (Å²) >= 11 is 1.44. The zero-order chi connectivity index (χ0) is 18.9. The predicted octanol–water partition coefficient (Wildman–Crippen LogP) is 6.37. The fourth-order valence-electron chi connectivity index (χ4n) is 3.47. The summed E-state index contributed by atoms with van der Waals surface area (Å²) in [5, 5.41) is 9.43. The molecule has 3 nitrogen and oxygen atoms in total. The molecule has 0 saturated heterocycles.